The minimum absolute atomic E-state index is 0.0597. The van der Waals surface area contributed by atoms with E-state index in [9.17, 15) is 4.79 Å². The molecule has 3 rings (SSSR count). The smallest absolute Gasteiger partial charge is 0.226 e. The molecule has 0 aliphatic carbocycles. The van der Waals surface area contributed by atoms with E-state index in [0.29, 0.717) is 24.5 Å². The van der Waals surface area contributed by atoms with E-state index in [1.54, 1.807) is 17.1 Å². The van der Waals surface area contributed by atoms with E-state index < -0.39 is 0 Å². The zero-order valence-corrected chi connectivity index (χ0v) is 14.1. The van der Waals surface area contributed by atoms with Crippen LogP contribution in [0.15, 0.2) is 48.9 Å². The molecule has 2 heterocycles. The fraction of sp³-hybridized carbons (Fsp3) is 0.235. The summed E-state index contributed by atoms with van der Waals surface area (Å²) in [4.78, 5) is 12.1. The second kappa shape index (κ2) is 7.31. The zero-order chi connectivity index (χ0) is 16.9. The predicted octanol–water partition coefficient (Wildman–Crippen LogP) is 3.12. The number of anilines is 1. The van der Waals surface area contributed by atoms with Gasteiger partial charge in [-0.2, -0.15) is 10.2 Å². The normalized spacial score (nSPS) is 10.8. The van der Waals surface area contributed by atoms with Crippen molar-refractivity contribution < 1.29 is 4.79 Å². The SMILES string of the molecule is Cc1nn(CCC(=O)Nc2cccc(Cn3cccn3)c2)cc1Cl. The van der Waals surface area contributed by atoms with E-state index in [0.717, 1.165) is 16.9 Å². The lowest BCUT2D eigenvalue weighted by Gasteiger charge is -2.08. The number of hydrogen-bond donors (Lipinski definition) is 1. The van der Waals surface area contributed by atoms with Crippen molar-refractivity contribution in [2.45, 2.75) is 26.4 Å². The van der Waals surface area contributed by atoms with Gasteiger partial charge < -0.3 is 5.32 Å². The molecule has 0 atom stereocenters. The molecule has 6 nitrogen and oxygen atoms in total. The Morgan fingerprint density at radius 1 is 1.29 bits per heavy atom. The maximum atomic E-state index is 12.1. The molecule has 3 aromatic rings. The van der Waals surface area contributed by atoms with Crippen LogP contribution in [-0.2, 0) is 17.9 Å². The van der Waals surface area contributed by atoms with Crippen LogP contribution in [0.4, 0.5) is 5.69 Å². The number of rotatable bonds is 6. The lowest BCUT2D eigenvalue weighted by Crippen LogP contribution is -2.15. The molecule has 0 saturated carbocycles. The number of aromatic nitrogens is 4. The molecular formula is C17H18ClN5O. The van der Waals surface area contributed by atoms with Crippen LogP contribution in [0.5, 0.6) is 0 Å². The Hall–Kier alpha value is -2.60. The number of nitrogens with zero attached hydrogens (tertiary/aromatic N) is 4. The fourth-order valence-electron chi connectivity index (χ4n) is 2.38. The van der Waals surface area contributed by atoms with Crippen molar-refractivity contribution in [1.29, 1.82) is 0 Å². The molecule has 0 aliphatic heterocycles. The number of hydrogen-bond acceptors (Lipinski definition) is 3. The van der Waals surface area contributed by atoms with E-state index >= 15 is 0 Å². The van der Waals surface area contributed by atoms with Gasteiger partial charge in [-0.1, -0.05) is 23.7 Å². The van der Waals surface area contributed by atoms with Crippen molar-refractivity contribution in [1.82, 2.24) is 19.6 Å². The molecule has 0 radical (unpaired) electrons. The number of nitrogens with one attached hydrogen (secondary N) is 1. The molecule has 1 amide bonds. The number of amides is 1. The van der Waals surface area contributed by atoms with Crippen LogP contribution < -0.4 is 5.32 Å². The van der Waals surface area contributed by atoms with Crippen LogP contribution in [0.2, 0.25) is 5.02 Å². The first kappa shape index (κ1) is 16.3. The summed E-state index contributed by atoms with van der Waals surface area (Å²) >= 11 is 5.96. The first-order valence-electron chi connectivity index (χ1n) is 7.66. The van der Waals surface area contributed by atoms with E-state index in [1.165, 1.54) is 0 Å². The number of benzene rings is 1. The molecule has 0 unspecified atom stereocenters. The van der Waals surface area contributed by atoms with Crippen molar-refractivity contribution >= 4 is 23.2 Å². The molecule has 2 aromatic heterocycles. The maximum Gasteiger partial charge on any atom is 0.226 e. The van der Waals surface area contributed by atoms with Crippen molar-refractivity contribution in [2.75, 3.05) is 5.32 Å². The van der Waals surface area contributed by atoms with Gasteiger partial charge in [-0.25, -0.2) is 0 Å². The van der Waals surface area contributed by atoms with E-state index in [4.69, 9.17) is 11.6 Å². The number of carbonyl (C=O) groups is 1. The molecule has 1 aromatic carbocycles. The average Bonchev–Trinajstić information content (AvgIpc) is 3.16. The molecule has 24 heavy (non-hydrogen) atoms. The Labute approximate surface area is 145 Å². The summed E-state index contributed by atoms with van der Waals surface area (Å²) in [5.74, 6) is -0.0597. The molecule has 0 aliphatic rings. The number of carbonyl (C=O) groups excluding carboxylic acids is 1. The second-order valence-electron chi connectivity index (χ2n) is 5.53. The highest BCUT2D eigenvalue weighted by Crippen LogP contribution is 2.14. The van der Waals surface area contributed by atoms with Gasteiger partial charge in [0.05, 0.1) is 17.3 Å². The van der Waals surface area contributed by atoms with Crippen LogP contribution in [0.25, 0.3) is 0 Å². The summed E-state index contributed by atoms with van der Waals surface area (Å²) in [6.07, 6.45) is 5.72. The summed E-state index contributed by atoms with van der Waals surface area (Å²) in [5.41, 5.74) is 2.62. The number of aryl methyl sites for hydroxylation is 2. The van der Waals surface area contributed by atoms with Gasteiger partial charge in [0.25, 0.3) is 0 Å². The zero-order valence-electron chi connectivity index (χ0n) is 13.3. The third-order valence-electron chi connectivity index (χ3n) is 3.57. The summed E-state index contributed by atoms with van der Waals surface area (Å²) in [6, 6.07) is 9.64. The van der Waals surface area contributed by atoms with Gasteiger partial charge in [-0.15, -0.1) is 0 Å². The standard InChI is InChI=1S/C17H18ClN5O/c1-13-16(18)12-23(21-13)9-6-17(24)20-15-5-2-4-14(10-15)11-22-8-3-7-19-22/h2-5,7-8,10,12H,6,9,11H2,1H3,(H,20,24). The van der Waals surface area contributed by atoms with Gasteiger partial charge in [0.2, 0.25) is 5.91 Å². The minimum Gasteiger partial charge on any atom is -0.326 e. The van der Waals surface area contributed by atoms with Crippen LogP contribution >= 0.6 is 11.6 Å². The Morgan fingerprint density at radius 3 is 2.88 bits per heavy atom. The van der Waals surface area contributed by atoms with Crippen LogP contribution in [0.3, 0.4) is 0 Å². The Balaban J connectivity index is 1.56. The van der Waals surface area contributed by atoms with Crippen LogP contribution in [0.1, 0.15) is 17.7 Å². The van der Waals surface area contributed by atoms with E-state index in [2.05, 4.69) is 15.5 Å². The van der Waals surface area contributed by atoms with E-state index in [-0.39, 0.29) is 5.91 Å². The number of halogens is 1. The highest BCUT2D eigenvalue weighted by atomic mass is 35.5. The van der Waals surface area contributed by atoms with Gasteiger partial charge in [0.1, 0.15) is 0 Å². The Bertz CT molecular complexity index is 806. The molecular weight excluding hydrogens is 326 g/mol. The molecule has 1 N–H and O–H groups in total. The molecule has 0 bridgehead atoms. The average molecular weight is 344 g/mol. The van der Waals surface area contributed by atoms with Gasteiger partial charge in [0, 0.05) is 37.2 Å². The topological polar surface area (TPSA) is 64.7 Å². The summed E-state index contributed by atoms with van der Waals surface area (Å²) in [5, 5.41) is 11.9. The third kappa shape index (κ3) is 4.23. The van der Waals surface area contributed by atoms with Crippen molar-refractivity contribution in [3.63, 3.8) is 0 Å². The molecule has 124 valence electrons. The Morgan fingerprint density at radius 2 is 2.17 bits per heavy atom. The first-order chi connectivity index (χ1) is 11.6. The highest BCUT2D eigenvalue weighted by Gasteiger charge is 2.06. The molecule has 0 fully saturated rings. The van der Waals surface area contributed by atoms with Gasteiger partial charge in [0.15, 0.2) is 0 Å². The summed E-state index contributed by atoms with van der Waals surface area (Å²) in [6.45, 7) is 3.00. The lowest BCUT2D eigenvalue weighted by atomic mass is 10.2. The van der Waals surface area contributed by atoms with Gasteiger partial charge >= 0.3 is 0 Å². The highest BCUT2D eigenvalue weighted by molar-refractivity contribution is 6.31. The predicted molar refractivity (Wildman–Crippen MR) is 93.0 cm³/mol. The minimum atomic E-state index is -0.0597. The molecule has 7 heteroatoms. The maximum absolute atomic E-state index is 12.1. The van der Waals surface area contributed by atoms with Crippen molar-refractivity contribution in [2.24, 2.45) is 0 Å². The Kier molecular flexibility index (Phi) is 4.96. The summed E-state index contributed by atoms with van der Waals surface area (Å²) in [7, 11) is 0. The van der Waals surface area contributed by atoms with Crippen LogP contribution in [-0.4, -0.2) is 25.5 Å². The molecule has 0 saturated heterocycles. The second-order valence-corrected chi connectivity index (χ2v) is 5.93. The molecule has 0 spiro atoms. The third-order valence-corrected chi connectivity index (χ3v) is 3.94. The quantitative estimate of drug-likeness (QED) is 0.748. The van der Waals surface area contributed by atoms with Gasteiger partial charge in [-0.05, 0) is 30.7 Å². The fourth-order valence-corrected chi connectivity index (χ4v) is 2.53. The van der Waals surface area contributed by atoms with Gasteiger partial charge in [-0.3, -0.25) is 14.2 Å². The summed E-state index contributed by atoms with van der Waals surface area (Å²) < 4.78 is 3.52. The first-order valence-corrected chi connectivity index (χ1v) is 8.04. The largest absolute Gasteiger partial charge is 0.326 e. The lowest BCUT2D eigenvalue weighted by molar-refractivity contribution is -0.116. The van der Waals surface area contributed by atoms with Crippen molar-refractivity contribution in [3.8, 4) is 0 Å². The monoisotopic (exact) mass is 343 g/mol. The van der Waals surface area contributed by atoms with Crippen LogP contribution in [0, 0.1) is 6.92 Å². The van der Waals surface area contributed by atoms with Crippen molar-refractivity contribution in [3.05, 3.63) is 65.2 Å². The van der Waals surface area contributed by atoms with E-state index in [1.807, 2.05) is 48.1 Å².